The first kappa shape index (κ1) is 20.1. The van der Waals surface area contributed by atoms with Gasteiger partial charge in [-0.05, 0) is 54.8 Å². The summed E-state index contributed by atoms with van der Waals surface area (Å²) in [5, 5.41) is 0. The minimum atomic E-state index is -4.40. The van der Waals surface area contributed by atoms with Crippen molar-refractivity contribution in [3.63, 3.8) is 0 Å². The molecule has 0 aromatic heterocycles. The monoisotopic (exact) mass is 419 g/mol. The molecule has 0 aliphatic carbocycles. The van der Waals surface area contributed by atoms with E-state index < -0.39 is 18.0 Å². The van der Waals surface area contributed by atoms with Crippen LogP contribution in [0.1, 0.15) is 27.8 Å². The van der Waals surface area contributed by atoms with E-state index in [0.717, 1.165) is 22.9 Å². The van der Waals surface area contributed by atoms with E-state index in [1.165, 1.54) is 19.3 Å². The lowest BCUT2D eigenvalue weighted by atomic mass is 9.99. The lowest BCUT2D eigenvalue weighted by molar-refractivity contribution is -0.138. The molecule has 158 valence electrons. The predicted octanol–water partition coefficient (Wildman–Crippen LogP) is 5.19. The fourth-order valence-corrected chi connectivity index (χ4v) is 3.68. The van der Waals surface area contributed by atoms with E-state index in [-0.39, 0.29) is 18.1 Å². The summed E-state index contributed by atoms with van der Waals surface area (Å²) in [6.07, 6.45) is -3.83. The van der Waals surface area contributed by atoms with Crippen molar-refractivity contribution in [3.05, 3.63) is 70.5 Å². The van der Waals surface area contributed by atoms with Gasteiger partial charge in [0.25, 0.3) is 0 Å². The number of ether oxygens (including phenoxy) is 3. The number of cyclic esters (lactones) is 1. The molecule has 8 heteroatoms. The number of carbonyl (C=O) groups is 1. The van der Waals surface area contributed by atoms with E-state index in [9.17, 15) is 18.0 Å². The van der Waals surface area contributed by atoms with Crippen LogP contribution in [-0.2, 0) is 26.8 Å². The van der Waals surface area contributed by atoms with Crippen molar-refractivity contribution in [1.82, 2.24) is 0 Å². The summed E-state index contributed by atoms with van der Waals surface area (Å²) in [6.45, 7) is 4.19. The summed E-state index contributed by atoms with van der Waals surface area (Å²) in [5.74, 6) is 0.489. The van der Waals surface area contributed by atoms with Gasteiger partial charge in [-0.15, -0.1) is 0 Å². The van der Waals surface area contributed by atoms with Gasteiger partial charge >= 0.3 is 12.3 Å². The third kappa shape index (κ3) is 3.81. The molecule has 1 atom stereocenters. The summed E-state index contributed by atoms with van der Waals surface area (Å²) in [5.41, 5.74) is 2.42. The zero-order valence-corrected chi connectivity index (χ0v) is 16.5. The second-order valence-corrected chi connectivity index (χ2v) is 7.22. The molecule has 2 aliphatic rings. The molecular weight excluding hydrogens is 399 g/mol. The molecule has 2 aromatic carbocycles. The average Bonchev–Trinajstić information content (AvgIpc) is 3.31. The molecule has 1 saturated heterocycles. The quantitative estimate of drug-likeness (QED) is 0.684. The van der Waals surface area contributed by atoms with Crippen molar-refractivity contribution < 1.29 is 32.2 Å². The Bertz CT molecular complexity index is 1020. The van der Waals surface area contributed by atoms with Crippen molar-refractivity contribution in [1.29, 1.82) is 0 Å². The molecule has 0 bridgehead atoms. The number of halogens is 3. The smallest absolute Gasteiger partial charge is 0.416 e. The van der Waals surface area contributed by atoms with Crippen LogP contribution in [0.15, 0.2) is 42.7 Å². The minimum Gasteiger partial charge on any atom is -0.458 e. The zero-order chi connectivity index (χ0) is 21.5. The third-order valence-corrected chi connectivity index (χ3v) is 5.26. The number of alkyl halides is 3. The molecule has 1 unspecified atom stereocenters. The number of hydrogen-bond acceptors (Lipinski definition) is 4. The number of carbonyl (C=O) groups excluding carboxylic acids is 1. The largest absolute Gasteiger partial charge is 0.458 e. The van der Waals surface area contributed by atoms with Crippen molar-refractivity contribution in [2.75, 3.05) is 18.1 Å². The average molecular weight is 419 g/mol. The Balaban J connectivity index is 1.46. The molecular formula is C22H20F3NO4. The number of benzene rings is 2. The maximum atomic E-state index is 13.1. The number of aryl methyl sites for hydroxylation is 1. The zero-order valence-electron chi connectivity index (χ0n) is 16.5. The molecule has 1 fully saturated rings. The standard InChI is InChI=1S/C22H20F3NO4/c1-13-10-16(6-7-18(13)26-8-9-28-21(26)27)19-12-29-20(30-19)11-15-4-3-5-17(14(15)2)22(23,24)25/h3-7,10,12,20H,8-9,11H2,1-2H3. The molecule has 0 radical (unpaired) electrons. The van der Waals surface area contributed by atoms with Gasteiger partial charge in [-0.2, -0.15) is 13.2 Å². The molecule has 0 spiro atoms. The van der Waals surface area contributed by atoms with Crippen molar-refractivity contribution >= 4 is 17.5 Å². The van der Waals surface area contributed by atoms with Crippen LogP contribution < -0.4 is 4.90 Å². The molecule has 1 amide bonds. The molecule has 2 heterocycles. The highest BCUT2D eigenvalue weighted by Crippen LogP contribution is 2.35. The molecule has 4 rings (SSSR count). The number of hydrogen-bond donors (Lipinski definition) is 0. The topological polar surface area (TPSA) is 48.0 Å². The number of anilines is 1. The van der Waals surface area contributed by atoms with E-state index in [1.807, 2.05) is 19.1 Å². The van der Waals surface area contributed by atoms with Gasteiger partial charge in [-0.1, -0.05) is 12.1 Å². The van der Waals surface area contributed by atoms with Crippen LogP contribution in [0.2, 0.25) is 0 Å². The summed E-state index contributed by atoms with van der Waals surface area (Å²) in [6, 6.07) is 9.59. The Hall–Kier alpha value is -3.16. The highest BCUT2D eigenvalue weighted by molar-refractivity contribution is 5.90. The minimum absolute atomic E-state index is 0.170. The van der Waals surface area contributed by atoms with Crippen LogP contribution in [0.25, 0.3) is 5.76 Å². The lowest BCUT2D eigenvalue weighted by Gasteiger charge is -2.18. The molecule has 0 saturated carbocycles. The van der Waals surface area contributed by atoms with Crippen LogP contribution in [0.4, 0.5) is 23.7 Å². The van der Waals surface area contributed by atoms with Gasteiger partial charge in [0.05, 0.1) is 17.8 Å². The van der Waals surface area contributed by atoms with Gasteiger partial charge in [0.1, 0.15) is 12.9 Å². The SMILES string of the molecule is Cc1cc(C2=COC(Cc3cccc(C(F)(F)F)c3C)O2)ccc1N1CCOC1=O. The van der Waals surface area contributed by atoms with E-state index in [0.29, 0.717) is 24.5 Å². The molecule has 2 aliphatic heterocycles. The first-order chi connectivity index (χ1) is 14.2. The van der Waals surface area contributed by atoms with E-state index in [4.69, 9.17) is 14.2 Å². The van der Waals surface area contributed by atoms with Crippen molar-refractivity contribution in [2.24, 2.45) is 0 Å². The Morgan fingerprint density at radius 1 is 1.17 bits per heavy atom. The summed E-state index contributed by atoms with van der Waals surface area (Å²) < 4.78 is 55.7. The number of rotatable bonds is 4. The Kier molecular flexibility index (Phi) is 5.09. The van der Waals surface area contributed by atoms with E-state index in [1.54, 1.807) is 17.0 Å². The van der Waals surface area contributed by atoms with Crippen LogP contribution in [-0.4, -0.2) is 25.5 Å². The van der Waals surface area contributed by atoms with Crippen LogP contribution in [0.5, 0.6) is 0 Å². The molecule has 2 aromatic rings. The van der Waals surface area contributed by atoms with Gasteiger partial charge < -0.3 is 14.2 Å². The van der Waals surface area contributed by atoms with Gasteiger partial charge in [-0.25, -0.2) is 4.79 Å². The first-order valence-electron chi connectivity index (χ1n) is 9.47. The van der Waals surface area contributed by atoms with Crippen molar-refractivity contribution in [3.8, 4) is 0 Å². The third-order valence-electron chi connectivity index (χ3n) is 5.26. The fourth-order valence-electron chi connectivity index (χ4n) is 3.68. The Morgan fingerprint density at radius 3 is 2.63 bits per heavy atom. The van der Waals surface area contributed by atoms with Gasteiger partial charge in [0.2, 0.25) is 6.29 Å². The van der Waals surface area contributed by atoms with E-state index in [2.05, 4.69) is 0 Å². The highest BCUT2D eigenvalue weighted by atomic mass is 19.4. The second-order valence-electron chi connectivity index (χ2n) is 7.22. The highest BCUT2D eigenvalue weighted by Gasteiger charge is 2.33. The predicted molar refractivity (Wildman–Crippen MR) is 104 cm³/mol. The van der Waals surface area contributed by atoms with Gasteiger partial charge in [-0.3, -0.25) is 4.90 Å². The second kappa shape index (κ2) is 7.59. The summed E-state index contributed by atoms with van der Waals surface area (Å²) in [7, 11) is 0. The fraction of sp³-hybridized carbons (Fsp3) is 0.318. The number of amides is 1. The Morgan fingerprint density at radius 2 is 1.97 bits per heavy atom. The van der Waals surface area contributed by atoms with E-state index >= 15 is 0 Å². The first-order valence-corrected chi connectivity index (χ1v) is 9.47. The van der Waals surface area contributed by atoms with Crippen LogP contribution in [0.3, 0.4) is 0 Å². The lowest BCUT2D eigenvalue weighted by Crippen LogP contribution is -2.24. The number of nitrogens with zero attached hydrogens (tertiary/aromatic N) is 1. The molecule has 30 heavy (non-hydrogen) atoms. The molecule has 0 N–H and O–H groups in total. The summed E-state index contributed by atoms with van der Waals surface area (Å²) in [4.78, 5) is 13.3. The summed E-state index contributed by atoms with van der Waals surface area (Å²) >= 11 is 0. The van der Waals surface area contributed by atoms with Gasteiger partial charge in [0, 0.05) is 12.0 Å². The Labute approximate surface area is 171 Å². The van der Waals surface area contributed by atoms with Crippen LogP contribution >= 0.6 is 0 Å². The maximum Gasteiger partial charge on any atom is 0.416 e. The maximum absolute atomic E-state index is 13.1. The molecule has 5 nitrogen and oxygen atoms in total. The van der Waals surface area contributed by atoms with Gasteiger partial charge in [0.15, 0.2) is 5.76 Å². The van der Waals surface area contributed by atoms with Crippen molar-refractivity contribution in [2.45, 2.75) is 32.7 Å². The van der Waals surface area contributed by atoms with Crippen LogP contribution in [0, 0.1) is 13.8 Å². The normalized spacial score (nSPS) is 18.7.